The summed E-state index contributed by atoms with van der Waals surface area (Å²) >= 11 is 0. The normalized spacial score (nSPS) is 12.6. The lowest BCUT2D eigenvalue weighted by molar-refractivity contribution is -0.138. The van der Waals surface area contributed by atoms with E-state index in [-0.39, 0.29) is 6.29 Å². The molecule has 1 rings (SSSR count). The van der Waals surface area contributed by atoms with Crippen molar-refractivity contribution in [1.29, 1.82) is 0 Å². The predicted octanol–water partition coefficient (Wildman–Crippen LogP) is 3.76. The number of benzene rings is 1. The van der Waals surface area contributed by atoms with E-state index in [4.69, 9.17) is 9.47 Å². The van der Waals surface area contributed by atoms with Crippen molar-refractivity contribution in [2.45, 2.75) is 46.0 Å². The molecule has 1 unspecified atom stereocenters. The SMILES string of the molecule is CCCCCOC(C)OCc1ccccc1. The van der Waals surface area contributed by atoms with Gasteiger partial charge in [0.05, 0.1) is 6.61 Å². The number of hydrogen-bond acceptors (Lipinski definition) is 2. The van der Waals surface area contributed by atoms with E-state index in [0.717, 1.165) is 13.0 Å². The summed E-state index contributed by atoms with van der Waals surface area (Å²) in [5, 5.41) is 0. The second-order valence-corrected chi connectivity index (χ2v) is 3.94. The van der Waals surface area contributed by atoms with Crippen molar-refractivity contribution in [2.24, 2.45) is 0 Å². The maximum atomic E-state index is 5.59. The Morgan fingerprint density at radius 1 is 1.06 bits per heavy atom. The van der Waals surface area contributed by atoms with E-state index in [9.17, 15) is 0 Å². The van der Waals surface area contributed by atoms with Crippen molar-refractivity contribution in [3.63, 3.8) is 0 Å². The highest BCUT2D eigenvalue weighted by atomic mass is 16.7. The largest absolute Gasteiger partial charge is 0.353 e. The number of ether oxygens (including phenoxy) is 2. The first-order valence-corrected chi connectivity index (χ1v) is 6.10. The van der Waals surface area contributed by atoms with Crippen LogP contribution in [0.2, 0.25) is 0 Å². The summed E-state index contributed by atoms with van der Waals surface area (Å²) < 4.78 is 11.1. The molecule has 0 saturated heterocycles. The first kappa shape index (κ1) is 13.2. The van der Waals surface area contributed by atoms with Crippen LogP contribution in [0.25, 0.3) is 0 Å². The molecule has 0 N–H and O–H groups in total. The molecule has 1 aromatic carbocycles. The molecule has 90 valence electrons. The predicted molar refractivity (Wildman–Crippen MR) is 66.2 cm³/mol. The summed E-state index contributed by atoms with van der Waals surface area (Å²) in [5.41, 5.74) is 1.19. The van der Waals surface area contributed by atoms with E-state index in [2.05, 4.69) is 19.1 Å². The summed E-state index contributed by atoms with van der Waals surface area (Å²) in [6.07, 6.45) is 3.46. The molecule has 0 amide bonds. The van der Waals surface area contributed by atoms with Crippen LogP contribution >= 0.6 is 0 Å². The Morgan fingerprint density at radius 2 is 1.81 bits per heavy atom. The summed E-state index contributed by atoms with van der Waals surface area (Å²) in [4.78, 5) is 0. The highest BCUT2D eigenvalue weighted by Gasteiger charge is 2.01. The molecule has 0 aliphatic rings. The van der Waals surface area contributed by atoms with Crippen LogP contribution in [0.4, 0.5) is 0 Å². The van der Waals surface area contributed by atoms with Crippen LogP contribution in [0, 0.1) is 0 Å². The molecule has 0 saturated carbocycles. The monoisotopic (exact) mass is 222 g/mol. The van der Waals surface area contributed by atoms with Gasteiger partial charge in [-0.15, -0.1) is 0 Å². The van der Waals surface area contributed by atoms with Crippen molar-refractivity contribution in [1.82, 2.24) is 0 Å². The van der Waals surface area contributed by atoms with E-state index in [0.29, 0.717) is 6.61 Å². The zero-order chi connectivity index (χ0) is 11.6. The molecule has 2 heteroatoms. The molecule has 0 spiro atoms. The molecule has 0 fully saturated rings. The van der Waals surface area contributed by atoms with Crippen molar-refractivity contribution in [2.75, 3.05) is 6.61 Å². The summed E-state index contributed by atoms with van der Waals surface area (Å²) in [7, 11) is 0. The molecular formula is C14H22O2. The van der Waals surface area contributed by atoms with E-state index in [1.165, 1.54) is 18.4 Å². The van der Waals surface area contributed by atoms with Gasteiger partial charge < -0.3 is 9.47 Å². The molecule has 0 bridgehead atoms. The van der Waals surface area contributed by atoms with Crippen molar-refractivity contribution < 1.29 is 9.47 Å². The minimum absolute atomic E-state index is 0.114. The van der Waals surface area contributed by atoms with Crippen LogP contribution in [0.5, 0.6) is 0 Å². The second-order valence-electron chi connectivity index (χ2n) is 3.94. The quantitative estimate of drug-likeness (QED) is 0.492. The van der Waals surface area contributed by atoms with Gasteiger partial charge in [0.2, 0.25) is 0 Å². The molecular weight excluding hydrogens is 200 g/mol. The van der Waals surface area contributed by atoms with Crippen LogP contribution in [0.15, 0.2) is 30.3 Å². The van der Waals surface area contributed by atoms with E-state index >= 15 is 0 Å². The van der Waals surface area contributed by atoms with E-state index in [1.807, 2.05) is 25.1 Å². The zero-order valence-corrected chi connectivity index (χ0v) is 10.3. The number of rotatable bonds is 8. The van der Waals surface area contributed by atoms with Gasteiger partial charge in [-0.25, -0.2) is 0 Å². The molecule has 0 aliphatic heterocycles. The third-order valence-corrected chi connectivity index (χ3v) is 2.43. The lowest BCUT2D eigenvalue weighted by Gasteiger charge is -2.13. The molecule has 0 aromatic heterocycles. The maximum Gasteiger partial charge on any atom is 0.155 e. The standard InChI is InChI=1S/C14H22O2/c1-3-4-8-11-15-13(2)16-12-14-9-6-5-7-10-14/h5-7,9-10,13H,3-4,8,11-12H2,1-2H3. The van der Waals surface area contributed by atoms with Gasteiger partial charge in [-0.3, -0.25) is 0 Å². The third kappa shape index (κ3) is 5.89. The highest BCUT2D eigenvalue weighted by molar-refractivity contribution is 5.13. The van der Waals surface area contributed by atoms with Crippen LogP contribution in [0.3, 0.4) is 0 Å². The number of unbranched alkanes of at least 4 members (excludes halogenated alkanes) is 2. The van der Waals surface area contributed by atoms with Gasteiger partial charge in [0, 0.05) is 6.61 Å². The Kier molecular flexibility index (Phi) is 6.86. The molecule has 16 heavy (non-hydrogen) atoms. The van der Waals surface area contributed by atoms with Gasteiger partial charge in [0.1, 0.15) is 0 Å². The van der Waals surface area contributed by atoms with Crippen molar-refractivity contribution in [3.05, 3.63) is 35.9 Å². The molecule has 0 radical (unpaired) electrons. The molecule has 2 nitrogen and oxygen atoms in total. The highest BCUT2D eigenvalue weighted by Crippen LogP contribution is 2.05. The minimum atomic E-state index is -0.114. The molecule has 1 atom stereocenters. The van der Waals surface area contributed by atoms with Gasteiger partial charge in [-0.05, 0) is 18.9 Å². The first-order valence-electron chi connectivity index (χ1n) is 6.10. The first-order chi connectivity index (χ1) is 7.83. The Labute approximate surface area is 98.6 Å². The van der Waals surface area contributed by atoms with Gasteiger partial charge in [0.15, 0.2) is 6.29 Å². The molecule has 0 heterocycles. The van der Waals surface area contributed by atoms with E-state index < -0.39 is 0 Å². The van der Waals surface area contributed by atoms with Crippen molar-refractivity contribution >= 4 is 0 Å². The molecule has 0 aliphatic carbocycles. The fourth-order valence-corrected chi connectivity index (χ4v) is 1.44. The van der Waals surface area contributed by atoms with Gasteiger partial charge in [-0.2, -0.15) is 0 Å². The van der Waals surface area contributed by atoms with Gasteiger partial charge >= 0.3 is 0 Å². The van der Waals surface area contributed by atoms with Crippen LogP contribution in [0.1, 0.15) is 38.7 Å². The second kappa shape index (κ2) is 8.31. The summed E-state index contributed by atoms with van der Waals surface area (Å²) in [6.45, 7) is 5.56. The van der Waals surface area contributed by atoms with E-state index in [1.54, 1.807) is 0 Å². The Balaban J connectivity index is 2.08. The Bertz CT molecular complexity index is 259. The average Bonchev–Trinajstić information content (AvgIpc) is 2.33. The van der Waals surface area contributed by atoms with Crippen LogP contribution in [-0.4, -0.2) is 12.9 Å². The Morgan fingerprint density at radius 3 is 2.50 bits per heavy atom. The smallest absolute Gasteiger partial charge is 0.155 e. The maximum absolute atomic E-state index is 5.59. The lowest BCUT2D eigenvalue weighted by atomic mass is 10.2. The fourth-order valence-electron chi connectivity index (χ4n) is 1.44. The summed E-state index contributed by atoms with van der Waals surface area (Å²) in [6, 6.07) is 10.2. The Hall–Kier alpha value is -0.860. The third-order valence-electron chi connectivity index (χ3n) is 2.43. The number of hydrogen-bond donors (Lipinski definition) is 0. The fraction of sp³-hybridized carbons (Fsp3) is 0.571. The topological polar surface area (TPSA) is 18.5 Å². The van der Waals surface area contributed by atoms with Crippen LogP contribution in [-0.2, 0) is 16.1 Å². The lowest BCUT2D eigenvalue weighted by Crippen LogP contribution is -2.13. The summed E-state index contributed by atoms with van der Waals surface area (Å²) in [5.74, 6) is 0. The molecule has 1 aromatic rings. The van der Waals surface area contributed by atoms with Crippen LogP contribution < -0.4 is 0 Å². The van der Waals surface area contributed by atoms with Gasteiger partial charge in [-0.1, -0.05) is 50.1 Å². The zero-order valence-electron chi connectivity index (χ0n) is 10.3. The van der Waals surface area contributed by atoms with Crippen molar-refractivity contribution in [3.8, 4) is 0 Å². The minimum Gasteiger partial charge on any atom is -0.353 e. The van der Waals surface area contributed by atoms with Gasteiger partial charge in [0.25, 0.3) is 0 Å². The average molecular weight is 222 g/mol.